The Morgan fingerprint density at radius 1 is 0.962 bits per heavy atom. The molecule has 8 heteroatoms. The van der Waals surface area contributed by atoms with E-state index in [1.165, 1.54) is 6.07 Å². The van der Waals surface area contributed by atoms with Gasteiger partial charge in [0.25, 0.3) is 5.91 Å². The normalized spacial score (nSPS) is 15.3. The molecule has 2 aromatic rings. The van der Waals surface area contributed by atoms with Crippen LogP contribution in [-0.2, 0) is 6.18 Å². The first-order valence-corrected chi connectivity index (χ1v) is 8.68. The van der Waals surface area contributed by atoms with E-state index < -0.39 is 11.7 Å². The number of benzene rings is 2. The van der Waals surface area contributed by atoms with E-state index in [1.807, 2.05) is 4.90 Å². The molecule has 0 spiro atoms. The van der Waals surface area contributed by atoms with Crippen LogP contribution in [0, 0.1) is 0 Å². The van der Waals surface area contributed by atoms with Crippen molar-refractivity contribution in [2.45, 2.75) is 6.18 Å². The van der Waals surface area contributed by atoms with Crippen LogP contribution in [0.3, 0.4) is 0 Å². The summed E-state index contributed by atoms with van der Waals surface area (Å²) in [5.41, 5.74) is 0.138. The van der Waals surface area contributed by atoms with Gasteiger partial charge in [0.2, 0.25) is 0 Å². The summed E-state index contributed by atoms with van der Waals surface area (Å²) in [7, 11) is 0. The molecule has 0 N–H and O–H groups in total. The average Bonchev–Trinajstić information content (AvgIpc) is 2.63. The Morgan fingerprint density at radius 3 is 2.27 bits per heavy atom. The predicted octanol–water partition coefficient (Wildman–Crippen LogP) is 4.97. The van der Waals surface area contributed by atoms with Gasteiger partial charge in [-0.2, -0.15) is 13.2 Å². The van der Waals surface area contributed by atoms with Gasteiger partial charge in [0.05, 0.1) is 21.2 Å². The van der Waals surface area contributed by atoms with E-state index in [0.717, 1.165) is 12.1 Å². The summed E-state index contributed by atoms with van der Waals surface area (Å²) in [5, 5.41) is 0.514. The van der Waals surface area contributed by atoms with Crippen LogP contribution in [0.25, 0.3) is 0 Å². The summed E-state index contributed by atoms with van der Waals surface area (Å²) in [4.78, 5) is 16.1. The van der Waals surface area contributed by atoms with Crippen LogP contribution in [0.1, 0.15) is 15.9 Å². The molecule has 0 radical (unpaired) electrons. The highest BCUT2D eigenvalue weighted by molar-refractivity contribution is 6.43. The van der Waals surface area contributed by atoms with Gasteiger partial charge in [-0.1, -0.05) is 35.3 Å². The minimum Gasteiger partial charge on any atom is -0.368 e. The highest BCUT2D eigenvalue weighted by Gasteiger charge is 2.31. The molecule has 1 amide bonds. The van der Waals surface area contributed by atoms with Crippen molar-refractivity contribution in [2.24, 2.45) is 0 Å². The third-order valence-corrected chi connectivity index (χ3v) is 5.11. The summed E-state index contributed by atoms with van der Waals surface area (Å²) in [6, 6.07) is 10.1. The Labute approximate surface area is 158 Å². The molecule has 0 bridgehead atoms. The van der Waals surface area contributed by atoms with Crippen molar-refractivity contribution in [2.75, 3.05) is 31.1 Å². The van der Waals surface area contributed by atoms with E-state index in [2.05, 4.69) is 0 Å². The zero-order valence-electron chi connectivity index (χ0n) is 13.6. The lowest BCUT2D eigenvalue weighted by molar-refractivity contribution is -0.137. The Bertz CT molecular complexity index is 818. The fraction of sp³-hybridized carbons (Fsp3) is 0.278. The summed E-state index contributed by atoms with van der Waals surface area (Å²) in [6.07, 6.45) is -4.38. The molecule has 0 aliphatic carbocycles. The molecule has 1 saturated heterocycles. The van der Waals surface area contributed by atoms with Gasteiger partial charge in [-0.15, -0.1) is 0 Å². The van der Waals surface area contributed by atoms with Crippen LogP contribution in [0.15, 0.2) is 42.5 Å². The molecule has 1 fully saturated rings. The van der Waals surface area contributed by atoms with Crippen LogP contribution in [-0.4, -0.2) is 37.0 Å². The number of anilines is 1. The minimum absolute atomic E-state index is 0.208. The molecule has 138 valence electrons. The molecule has 0 saturated carbocycles. The first-order chi connectivity index (χ1) is 12.3. The molecule has 1 heterocycles. The fourth-order valence-electron chi connectivity index (χ4n) is 2.89. The van der Waals surface area contributed by atoms with E-state index in [0.29, 0.717) is 42.5 Å². The number of nitrogens with zero attached hydrogens (tertiary/aromatic N) is 2. The van der Waals surface area contributed by atoms with Crippen molar-refractivity contribution < 1.29 is 18.0 Å². The van der Waals surface area contributed by atoms with Crippen LogP contribution in [0.4, 0.5) is 18.9 Å². The first-order valence-electron chi connectivity index (χ1n) is 7.93. The summed E-state index contributed by atoms with van der Waals surface area (Å²) in [5.74, 6) is -0.235. The lowest BCUT2D eigenvalue weighted by atomic mass is 10.1. The molecule has 1 aliphatic heterocycles. The Kier molecular flexibility index (Phi) is 5.34. The Balaban J connectivity index is 1.70. The quantitative estimate of drug-likeness (QED) is 0.707. The monoisotopic (exact) mass is 402 g/mol. The van der Waals surface area contributed by atoms with Gasteiger partial charge in [0.1, 0.15) is 0 Å². The molecule has 0 unspecified atom stereocenters. The SMILES string of the molecule is O=C(c1cccc(Cl)c1Cl)N1CCN(c2cccc(C(F)(F)F)c2)CC1. The van der Waals surface area contributed by atoms with Crippen molar-refractivity contribution in [1.82, 2.24) is 4.90 Å². The molecule has 3 rings (SSSR count). The van der Waals surface area contributed by atoms with Crippen LogP contribution >= 0.6 is 23.2 Å². The van der Waals surface area contributed by atoms with Gasteiger partial charge < -0.3 is 9.80 Å². The maximum atomic E-state index is 12.9. The highest BCUT2D eigenvalue weighted by Crippen LogP contribution is 2.32. The Morgan fingerprint density at radius 2 is 1.62 bits per heavy atom. The first kappa shape index (κ1) is 18.9. The number of piperazine rings is 1. The maximum Gasteiger partial charge on any atom is 0.416 e. The summed E-state index contributed by atoms with van der Waals surface area (Å²) in [6.45, 7) is 1.65. The molecule has 0 atom stereocenters. The van der Waals surface area contributed by atoms with E-state index in [9.17, 15) is 18.0 Å². The van der Waals surface area contributed by atoms with Gasteiger partial charge in [0, 0.05) is 31.9 Å². The standard InChI is InChI=1S/C18H15Cl2F3N2O/c19-15-6-2-5-14(16(15)20)17(26)25-9-7-24(8-10-25)13-4-1-3-12(11-13)18(21,22)23/h1-6,11H,7-10H2. The number of amides is 1. The molecule has 0 aromatic heterocycles. The molecule has 3 nitrogen and oxygen atoms in total. The van der Waals surface area contributed by atoms with Gasteiger partial charge in [-0.3, -0.25) is 4.79 Å². The minimum atomic E-state index is -4.38. The van der Waals surface area contributed by atoms with Gasteiger partial charge in [-0.05, 0) is 30.3 Å². The predicted molar refractivity (Wildman–Crippen MR) is 96.0 cm³/mol. The fourth-order valence-corrected chi connectivity index (χ4v) is 3.27. The largest absolute Gasteiger partial charge is 0.416 e. The average molecular weight is 403 g/mol. The molecule has 2 aromatic carbocycles. The van der Waals surface area contributed by atoms with Crippen molar-refractivity contribution >= 4 is 34.8 Å². The van der Waals surface area contributed by atoms with Crippen molar-refractivity contribution in [3.63, 3.8) is 0 Å². The van der Waals surface area contributed by atoms with E-state index in [-0.39, 0.29) is 10.9 Å². The number of alkyl halides is 3. The van der Waals surface area contributed by atoms with E-state index >= 15 is 0 Å². The molecular weight excluding hydrogens is 388 g/mol. The van der Waals surface area contributed by atoms with Gasteiger partial charge in [0.15, 0.2) is 0 Å². The van der Waals surface area contributed by atoms with Crippen LogP contribution in [0.2, 0.25) is 10.0 Å². The van der Waals surface area contributed by atoms with E-state index in [4.69, 9.17) is 23.2 Å². The summed E-state index contributed by atoms with van der Waals surface area (Å²) >= 11 is 12.0. The van der Waals surface area contributed by atoms with Crippen LogP contribution in [0.5, 0.6) is 0 Å². The van der Waals surface area contributed by atoms with Crippen molar-refractivity contribution in [3.05, 3.63) is 63.6 Å². The lowest BCUT2D eigenvalue weighted by Gasteiger charge is -2.36. The highest BCUT2D eigenvalue weighted by atomic mass is 35.5. The maximum absolute atomic E-state index is 12.9. The van der Waals surface area contributed by atoms with Crippen molar-refractivity contribution in [1.29, 1.82) is 0 Å². The van der Waals surface area contributed by atoms with Gasteiger partial charge in [-0.25, -0.2) is 0 Å². The second kappa shape index (κ2) is 7.37. The smallest absolute Gasteiger partial charge is 0.368 e. The molecular formula is C18H15Cl2F3N2O. The number of hydrogen-bond acceptors (Lipinski definition) is 2. The third kappa shape index (κ3) is 3.91. The number of carbonyl (C=O) groups excluding carboxylic acids is 1. The molecule has 26 heavy (non-hydrogen) atoms. The second-order valence-electron chi connectivity index (χ2n) is 5.93. The second-order valence-corrected chi connectivity index (χ2v) is 6.71. The zero-order valence-corrected chi connectivity index (χ0v) is 15.1. The van der Waals surface area contributed by atoms with Crippen molar-refractivity contribution in [3.8, 4) is 0 Å². The number of rotatable bonds is 2. The lowest BCUT2D eigenvalue weighted by Crippen LogP contribution is -2.48. The van der Waals surface area contributed by atoms with Crippen LogP contribution < -0.4 is 4.90 Å². The summed E-state index contributed by atoms with van der Waals surface area (Å²) < 4.78 is 38.6. The van der Waals surface area contributed by atoms with E-state index in [1.54, 1.807) is 29.2 Å². The Hall–Kier alpha value is -1.92. The number of hydrogen-bond donors (Lipinski definition) is 0. The topological polar surface area (TPSA) is 23.6 Å². The number of halogens is 5. The number of carbonyl (C=O) groups is 1. The molecule has 1 aliphatic rings. The zero-order chi connectivity index (χ0) is 18.9. The van der Waals surface area contributed by atoms with Gasteiger partial charge >= 0.3 is 6.18 Å². The third-order valence-electron chi connectivity index (χ3n) is 4.29.